The van der Waals surface area contributed by atoms with Crippen molar-refractivity contribution >= 4 is 44.2 Å². The Kier molecular flexibility index (Phi) is 3.96. The third kappa shape index (κ3) is 2.81. The summed E-state index contributed by atoms with van der Waals surface area (Å²) in [4.78, 5) is 0. The number of aryl methyl sites for hydroxylation is 1. The minimum absolute atomic E-state index is 0.0483. The molecule has 1 aromatic heterocycles. The molecule has 3 aromatic rings. The molecule has 3 rings (SSSR count). The van der Waals surface area contributed by atoms with E-state index in [1.165, 1.54) is 5.56 Å². The molecule has 2 nitrogen and oxygen atoms in total. The fourth-order valence-corrected chi connectivity index (χ4v) is 3.05. The summed E-state index contributed by atoms with van der Waals surface area (Å²) in [5.41, 5.74) is 3.04. The number of hydrogen-bond acceptors (Lipinski definition) is 2. The molecular formula is C17H15BrClNO. The van der Waals surface area contributed by atoms with E-state index in [1.807, 2.05) is 36.4 Å². The van der Waals surface area contributed by atoms with E-state index in [9.17, 15) is 0 Å². The second kappa shape index (κ2) is 5.74. The SMILES string of the molecule is Cc1c(C(C)Nc2cc(Cl)ccc2Br)oc2ccccc12. The molecule has 0 fully saturated rings. The van der Waals surface area contributed by atoms with E-state index in [2.05, 4.69) is 41.2 Å². The van der Waals surface area contributed by atoms with Crippen molar-refractivity contribution in [3.05, 3.63) is 63.3 Å². The summed E-state index contributed by atoms with van der Waals surface area (Å²) in [7, 11) is 0. The van der Waals surface area contributed by atoms with Gasteiger partial charge in [-0.05, 0) is 54.0 Å². The maximum Gasteiger partial charge on any atom is 0.134 e. The number of furan rings is 1. The molecule has 0 saturated heterocycles. The lowest BCUT2D eigenvalue weighted by Crippen LogP contribution is -2.07. The number of halogens is 2. The monoisotopic (exact) mass is 363 g/mol. The number of rotatable bonds is 3. The van der Waals surface area contributed by atoms with Crippen LogP contribution in [-0.2, 0) is 0 Å². The van der Waals surface area contributed by atoms with Gasteiger partial charge in [-0.15, -0.1) is 0 Å². The predicted octanol–water partition coefficient (Wildman–Crippen LogP) is 6.33. The van der Waals surface area contributed by atoms with Crippen molar-refractivity contribution in [1.29, 1.82) is 0 Å². The fraction of sp³-hybridized carbons (Fsp3) is 0.176. The molecule has 0 aliphatic carbocycles. The quantitative estimate of drug-likeness (QED) is 0.587. The maximum atomic E-state index is 6.06. The average Bonchev–Trinajstić information content (AvgIpc) is 2.81. The van der Waals surface area contributed by atoms with Gasteiger partial charge in [0.2, 0.25) is 0 Å². The van der Waals surface area contributed by atoms with Gasteiger partial charge in [-0.1, -0.05) is 29.8 Å². The summed E-state index contributed by atoms with van der Waals surface area (Å²) < 4.78 is 6.97. The van der Waals surface area contributed by atoms with Crippen LogP contribution in [-0.4, -0.2) is 0 Å². The van der Waals surface area contributed by atoms with E-state index in [0.717, 1.165) is 26.9 Å². The highest BCUT2D eigenvalue weighted by molar-refractivity contribution is 9.10. The van der Waals surface area contributed by atoms with Crippen LogP contribution >= 0.6 is 27.5 Å². The van der Waals surface area contributed by atoms with Crippen molar-refractivity contribution in [3.63, 3.8) is 0 Å². The second-order valence-corrected chi connectivity index (χ2v) is 6.37. The molecule has 1 unspecified atom stereocenters. The highest BCUT2D eigenvalue weighted by Gasteiger charge is 2.17. The Morgan fingerprint density at radius 2 is 1.95 bits per heavy atom. The lowest BCUT2D eigenvalue weighted by Gasteiger charge is -2.15. The summed E-state index contributed by atoms with van der Waals surface area (Å²) in [5, 5.41) is 5.31. The lowest BCUT2D eigenvalue weighted by molar-refractivity contribution is 0.522. The Labute approximate surface area is 137 Å². The number of anilines is 1. The van der Waals surface area contributed by atoms with E-state index < -0.39 is 0 Å². The van der Waals surface area contributed by atoms with Crippen molar-refractivity contribution in [2.45, 2.75) is 19.9 Å². The van der Waals surface area contributed by atoms with Crippen molar-refractivity contribution in [2.24, 2.45) is 0 Å². The standard InChI is InChI=1S/C17H15BrClNO/c1-10-13-5-3-4-6-16(13)21-17(10)11(2)20-15-9-12(19)7-8-14(15)18/h3-9,11,20H,1-2H3. The van der Waals surface area contributed by atoms with Gasteiger partial charge in [0.25, 0.3) is 0 Å². The zero-order valence-electron chi connectivity index (χ0n) is 11.8. The van der Waals surface area contributed by atoms with Crippen LogP contribution < -0.4 is 5.32 Å². The normalized spacial score (nSPS) is 12.6. The maximum absolute atomic E-state index is 6.06. The molecule has 1 atom stereocenters. The van der Waals surface area contributed by atoms with Gasteiger partial charge in [0.15, 0.2) is 0 Å². The summed E-state index contributed by atoms with van der Waals surface area (Å²) in [5.74, 6) is 0.947. The first-order valence-electron chi connectivity index (χ1n) is 6.76. The van der Waals surface area contributed by atoms with Gasteiger partial charge in [-0.25, -0.2) is 0 Å². The third-order valence-electron chi connectivity index (χ3n) is 3.57. The van der Waals surface area contributed by atoms with Crippen LogP contribution in [0.15, 0.2) is 51.4 Å². The zero-order chi connectivity index (χ0) is 15.0. The van der Waals surface area contributed by atoms with E-state index in [1.54, 1.807) is 0 Å². The Balaban J connectivity index is 1.95. The molecule has 1 heterocycles. The Morgan fingerprint density at radius 1 is 1.19 bits per heavy atom. The first-order valence-corrected chi connectivity index (χ1v) is 7.93. The Hall–Kier alpha value is -1.45. The second-order valence-electron chi connectivity index (χ2n) is 5.08. The number of benzene rings is 2. The highest BCUT2D eigenvalue weighted by Crippen LogP contribution is 2.33. The van der Waals surface area contributed by atoms with Crippen LogP contribution in [0.2, 0.25) is 5.02 Å². The number of para-hydroxylation sites is 1. The fourth-order valence-electron chi connectivity index (χ4n) is 2.51. The molecule has 0 spiro atoms. The first kappa shape index (κ1) is 14.5. The van der Waals surface area contributed by atoms with Gasteiger partial charge in [0, 0.05) is 20.4 Å². The van der Waals surface area contributed by atoms with Gasteiger partial charge in [-0.3, -0.25) is 0 Å². The third-order valence-corrected chi connectivity index (χ3v) is 4.50. The van der Waals surface area contributed by atoms with Crippen LogP contribution in [0.1, 0.15) is 24.3 Å². The highest BCUT2D eigenvalue weighted by atomic mass is 79.9. The van der Waals surface area contributed by atoms with Crippen LogP contribution in [0.4, 0.5) is 5.69 Å². The number of nitrogens with one attached hydrogen (secondary N) is 1. The topological polar surface area (TPSA) is 25.2 Å². The molecule has 4 heteroatoms. The van der Waals surface area contributed by atoms with E-state index in [4.69, 9.17) is 16.0 Å². The van der Waals surface area contributed by atoms with E-state index in [-0.39, 0.29) is 6.04 Å². The molecule has 0 saturated carbocycles. The summed E-state index contributed by atoms with van der Waals surface area (Å²) in [6, 6.07) is 13.8. The van der Waals surface area contributed by atoms with Gasteiger partial charge < -0.3 is 9.73 Å². The summed E-state index contributed by atoms with van der Waals surface area (Å²) in [6.45, 7) is 4.17. The molecular weight excluding hydrogens is 350 g/mol. The molecule has 0 bridgehead atoms. The first-order chi connectivity index (χ1) is 10.1. The average molecular weight is 365 g/mol. The molecule has 0 radical (unpaired) electrons. The lowest BCUT2D eigenvalue weighted by atomic mass is 10.1. The van der Waals surface area contributed by atoms with E-state index >= 15 is 0 Å². The van der Waals surface area contributed by atoms with Crippen molar-refractivity contribution in [3.8, 4) is 0 Å². The molecule has 2 aromatic carbocycles. The largest absolute Gasteiger partial charge is 0.459 e. The van der Waals surface area contributed by atoms with Crippen LogP contribution in [0.3, 0.4) is 0 Å². The molecule has 21 heavy (non-hydrogen) atoms. The van der Waals surface area contributed by atoms with Crippen LogP contribution in [0.5, 0.6) is 0 Å². The Morgan fingerprint density at radius 3 is 2.71 bits per heavy atom. The van der Waals surface area contributed by atoms with Crippen molar-refractivity contribution < 1.29 is 4.42 Å². The van der Waals surface area contributed by atoms with Gasteiger partial charge in [-0.2, -0.15) is 0 Å². The van der Waals surface area contributed by atoms with Crippen LogP contribution in [0.25, 0.3) is 11.0 Å². The number of hydrogen-bond donors (Lipinski definition) is 1. The van der Waals surface area contributed by atoms with Gasteiger partial charge >= 0.3 is 0 Å². The summed E-state index contributed by atoms with van der Waals surface area (Å²) >= 11 is 9.59. The molecule has 108 valence electrons. The predicted molar refractivity (Wildman–Crippen MR) is 92.1 cm³/mol. The zero-order valence-corrected chi connectivity index (χ0v) is 14.1. The number of fused-ring (bicyclic) bond motifs is 1. The van der Waals surface area contributed by atoms with E-state index in [0.29, 0.717) is 5.02 Å². The molecule has 0 aliphatic rings. The van der Waals surface area contributed by atoms with Crippen molar-refractivity contribution in [1.82, 2.24) is 0 Å². The minimum atomic E-state index is 0.0483. The van der Waals surface area contributed by atoms with Crippen molar-refractivity contribution in [2.75, 3.05) is 5.32 Å². The van der Waals surface area contributed by atoms with Crippen LogP contribution in [0, 0.1) is 6.92 Å². The van der Waals surface area contributed by atoms with Gasteiger partial charge in [0.1, 0.15) is 11.3 Å². The smallest absolute Gasteiger partial charge is 0.134 e. The Bertz CT molecular complexity index is 797. The minimum Gasteiger partial charge on any atom is -0.459 e. The summed E-state index contributed by atoms with van der Waals surface area (Å²) in [6.07, 6.45) is 0. The van der Waals surface area contributed by atoms with Gasteiger partial charge in [0.05, 0.1) is 11.7 Å². The molecule has 0 amide bonds. The molecule has 1 N–H and O–H groups in total. The molecule has 0 aliphatic heterocycles.